The second-order valence-corrected chi connectivity index (χ2v) is 4.25. The van der Waals surface area contributed by atoms with Crippen LogP contribution in [0, 0.1) is 5.92 Å². The molecular formula is C12H28N2O. The van der Waals surface area contributed by atoms with Gasteiger partial charge in [0.05, 0.1) is 6.61 Å². The Kier molecular flexibility index (Phi) is 10.3. The summed E-state index contributed by atoms with van der Waals surface area (Å²) in [4.78, 5) is 2.44. The molecular weight excluding hydrogens is 188 g/mol. The normalized spacial score (nSPS) is 13.4. The molecule has 3 heteroatoms. The van der Waals surface area contributed by atoms with E-state index in [2.05, 4.69) is 18.7 Å². The molecule has 0 aromatic rings. The number of rotatable bonds is 10. The van der Waals surface area contributed by atoms with Crippen molar-refractivity contribution in [1.29, 1.82) is 0 Å². The summed E-state index contributed by atoms with van der Waals surface area (Å²) in [5.41, 5.74) is 5.53. The molecule has 0 amide bonds. The molecule has 1 unspecified atom stereocenters. The summed E-state index contributed by atoms with van der Waals surface area (Å²) in [6, 6.07) is 0. The Morgan fingerprint density at radius 2 is 2.00 bits per heavy atom. The summed E-state index contributed by atoms with van der Waals surface area (Å²) < 4.78 is 5.08. The highest BCUT2D eigenvalue weighted by Gasteiger charge is 2.04. The lowest BCUT2D eigenvalue weighted by atomic mass is 10.0. The third kappa shape index (κ3) is 8.85. The second-order valence-electron chi connectivity index (χ2n) is 4.25. The fraction of sp³-hybridized carbons (Fsp3) is 1.00. The third-order valence-corrected chi connectivity index (χ3v) is 2.89. The van der Waals surface area contributed by atoms with Gasteiger partial charge in [-0.2, -0.15) is 0 Å². The molecule has 0 aliphatic carbocycles. The van der Waals surface area contributed by atoms with Crippen molar-refractivity contribution in [2.45, 2.75) is 33.1 Å². The lowest BCUT2D eigenvalue weighted by molar-refractivity contribution is 0.149. The van der Waals surface area contributed by atoms with Gasteiger partial charge in [-0.05, 0) is 44.8 Å². The summed E-state index contributed by atoms with van der Waals surface area (Å²) in [5, 5.41) is 0. The number of hydrogen-bond donors (Lipinski definition) is 1. The molecule has 0 fully saturated rings. The molecule has 92 valence electrons. The molecule has 0 saturated carbocycles. The highest BCUT2D eigenvalue weighted by molar-refractivity contribution is 4.59. The van der Waals surface area contributed by atoms with E-state index in [4.69, 9.17) is 10.5 Å². The lowest BCUT2D eigenvalue weighted by Gasteiger charge is -2.20. The zero-order chi connectivity index (χ0) is 11.5. The van der Waals surface area contributed by atoms with Crippen molar-refractivity contribution in [1.82, 2.24) is 4.90 Å². The van der Waals surface area contributed by atoms with Crippen molar-refractivity contribution in [3.05, 3.63) is 0 Å². The maximum Gasteiger partial charge on any atom is 0.0589 e. The Hall–Kier alpha value is -0.120. The quantitative estimate of drug-likeness (QED) is 0.604. The summed E-state index contributed by atoms with van der Waals surface area (Å²) in [6.45, 7) is 9.52. The van der Waals surface area contributed by atoms with Crippen molar-refractivity contribution in [2.75, 3.05) is 39.9 Å². The number of nitrogens with two attached hydrogens (primary N) is 1. The van der Waals surface area contributed by atoms with E-state index in [1.165, 1.54) is 19.4 Å². The van der Waals surface area contributed by atoms with Gasteiger partial charge >= 0.3 is 0 Å². The first kappa shape index (κ1) is 14.9. The first-order valence-corrected chi connectivity index (χ1v) is 6.15. The Labute approximate surface area is 95.0 Å². The molecule has 0 aliphatic heterocycles. The highest BCUT2D eigenvalue weighted by Crippen LogP contribution is 2.09. The van der Waals surface area contributed by atoms with Gasteiger partial charge in [0.25, 0.3) is 0 Å². The van der Waals surface area contributed by atoms with Gasteiger partial charge in [-0.3, -0.25) is 0 Å². The Bertz CT molecular complexity index is 131. The average molecular weight is 216 g/mol. The van der Waals surface area contributed by atoms with E-state index in [1.807, 2.05) is 0 Å². The SMILES string of the molecule is CCN(CCCC(C)CCN)CCOC. The average Bonchev–Trinajstić information content (AvgIpc) is 2.23. The smallest absolute Gasteiger partial charge is 0.0589 e. The monoisotopic (exact) mass is 216 g/mol. The first-order chi connectivity index (χ1) is 7.24. The van der Waals surface area contributed by atoms with E-state index in [9.17, 15) is 0 Å². The van der Waals surface area contributed by atoms with Crippen LogP contribution < -0.4 is 5.73 Å². The second kappa shape index (κ2) is 10.4. The predicted octanol–water partition coefficient (Wildman–Crippen LogP) is 1.72. The molecule has 0 spiro atoms. The maximum atomic E-state index is 5.53. The van der Waals surface area contributed by atoms with Gasteiger partial charge in [0, 0.05) is 13.7 Å². The van der Waals surface area contributed by atoms with Gasteiger partial charge in [-0.1, -0.05) is 13.8 Å². The van der Waals surface area contributed by atoms with Gasteiger partial charge in [0.2, 0.25) is 0 Å². The Balaban J connectivity index is 3.44. The van der Waals surface area contributed by atoms with Crippen molar-refractivity contribution >= 4 is 0 Å². The fourth-order valence-corrected chi connectivity index (χ4v) is 1.74. The molecule has 0 radical (unpaired) electrons. The molecule has 15 heavy (non-hydrogen) atoms. The molecule has 2 N–H and O–H groups in total. The molecule has 0 aliphatic rings. The summed E-state index contributed by atoms with van der Waals surface area (Å²) in [7, 11) is 1.76. The number of hydrogen-bond acceptors (Lipinski definition) is 3. The number of ether oxygens (including phenoxy) is 1. The van der Waals surface area contributed by atoms with Crippen molar-refractivity contribution < 1.29 is 4.74 Å². The number of likely N-dealkylation sites (N-methyl/N-ethyl adjacent to an activating group) is 1. The molecule has 0 bridgehead atoms. The highest BCUT2D eigenvalue weighted by atomic mass is 16.5. The minimum Gasteiger partial charge on any atom is -0.383 e. The molecule has 0 heterocycles. The maximum absolute atomic E-state index is 5.53. The van der Waals surface area contributed by atoms with Crippen LogP contribution in [0.4, 0.5) is 0 Å². The van der Waals surface area contributed by atoms with Crippen molar-refractivity contribution in [3.8, 4) is 0 Å². The molecule has 0 rings (SSSR count). The van der Waals surface area contributed by atoms with Crippen LogP contribution in [0.1, 0.15) is 33.1 Å². The topological polar surface area (TPSA) is 38.5 Å². The fourth-order valence-electron chi connectivity index (χ4n) is 1.74. The van der Waals surface area contributed by atoms with Crippen molar-refractivity contribution in [2.24, 2.45) is 11.7 Å². The van der Waals surface area contributed by atoms with Gasteiger partial charge < -0.3 is 15.4 Å². The van der Waals surface area contributed by atoms with E-state index in [-0.39, 0.29) is 0 Å². The van der Waals surface area contributed by atoms with Crippen LogP contribution in [0.5, 0.6) is 0 Å². The minimum absolute atomic E-state index is 0.774. The predicted molar refractivity (Wildman–Crippen MR) is 66.1 cm³/mol. The molecule has 0 saturated heterocycles. The van der Waals surface area contributed by atoms with Gasteiger partial charge in [0.1, 0.15) is 0 Å². The van der Waals surface area contributed by atoms with E-state index in [0.717, 1.165) is 38.6 Å². The third-order valence-electron chi connectivity index (χ3n) is 2.89. The zero-order valence-electron chi connectivity index (χ0n) is 10.7. The van der Waals surface area contributed by atoms with Crippen LogP contribution in [0.3, 0.4) is 0 Å². The number of methoxy groups -OCH3 is 1. The zero-order valence-corrected chi connectivity index (χ0v) is 10.7. The largest absolute Gasteiger partial charge is 0.383 e. The van der Waals surface area contributed by atoms with Crippen LogP contribution in [-0.4, -0.2) is 44.8 Å². The van der Waals surface area contributed by atoms with Crippen LogP contribution in [0.25, 0.3) is 0 Å². The van der Waals surface area contributed by atoms with Crippen LogP contribution in [-0.2, 0) is 4.74 Å². The Morgan fingerprint density at radius 3 is 2.53 bits per heavy atom. The van der Waals surface area contributed by atoms with E-state index >= 15 is 0 Å². The lowest BCUT2D eigenvalue weighted by Crippen LogP contribution is -2.28. The van der Waals surface area contributed by atoms with Gasteiger partial charge in [-0.15, -0.1) is 0 Å². The van der Waals surface area contributed by atoms with Gasteiger partial charge in [-0.25, -0.2) is 0 Å². The standard InChI is InChI=1S/C12H28N2O/c1-4-14(10-11-15-3)9-5-6-12(2)7-8-13/h12H,4-11,13H2,1-3H3. The number of nitrogens with zero attached hydrogens (tertiary/aromatic N) is 1. The summed E-state index contributed by atoms with van der Waals surface area (Å²) in [6.07, 6.45) is 3.73. The van der Waals surface area contributed by atoms with Crippen LogP contribution >= 0.6 is 0 Å². The van der Waals surface area contributed by atoms with E-state index in [0.29, 0.717) is 0 Å². The van der Waals surface area contributed by atoms with Crippen molar-refractivity contribution in [3.63, 3.8) is 0 Å². The Morgan fingerprint density at radius 1 is 1.27 bits per heavy atom. The van der Waals surface area contributed by atoms with Crippen LogP contribution in [0.2, 0.25) is 0 Å². The van der Waals surface area contributed by atoms with E-state index in [1.54, 1.807) is 7.11 Å². The summed E-state index contributed by atoms with van der Waals surface area (Å²) >= 11 is 0. The molecule has 1 atom stereocenters. The van der Waals surface area contributed by atoms with Crippen LogP contribution in [0.15, 0.2) is 0 Å². The molecule has 0 aromatic carbocycles. The summed E-state index contributed by atoms with van der Waals surface area (Å²) in [5.74, 6) is 0.774. The van der Waals surface area contributed by atoms with Gasteiger partial charge in [0.15, 0.2) is 0 Å². The minimum atomic E-state index is 0.774. The molecule has 3 nitrogen and oxygen atoms in total. The first-order valence-electron chi connectivity index (χ1n) is 6.15. The van der Waals surface area contributed by atoms with E-state index < -0.39 is 0 Å². The molecule has 0 aromatic heterocycles.